The third kappa shape index (κ3) is 1.74. The Balaban J connectivity index is 1.95. The topological polar surface area (TPSA) is 54.4 Å². The molecule has 0 amide bonds. The predicted octanol–water partition coefficient (Wildman–Crippen LogP) is 2.22. The second-order valence-electron chi connectivity index (χ2n) is 7.21. The molecular formula is C16H24O3. The Morgan fingerprint density at radius 3 is 2.74 bits per heavy atom. The third-order valence-electron chi connectivity index (χ3n) is 6.37. The van der Waals surface area contributed by atoms with E-state index >= 15 is 0 Å². The third-order valence-corrected chi connectivity index (χ3v) is 6.37. The van der Waals surface area contributed by atoms with Crippen LogP contribution in [0.4, 0.5) is 0 Å². The molecule has 106 valence electrons. The maximum Gasteiger partial charge on any atom is 0.141 e. The van der Waals surface area contributed by atoms with Gasteiger partial charge in [0, 0.05) is 23.7 Å². The highest BCUT2D eigenvalue weighted by atomic mass is 16.3. The molecule has 0 aliphatic heterocycles. The number of carbonyl (C=O) groups is 2. The summed E-state index contributed by atoms with van der Waals surface area (Å²) in [5.74, 6) is 1.64. The van der Waals surface area contributed by atoms with Crippen LogP contribution >= 0.6 is 0 Å². The van der Waals surface area contributed by atoms with Gasteiger partial charge in [-0.1, -0.05) is 13.8 Å². The van der Waals surface area contributed by atoms with Gasteiger partial charge in [-0.05, 0) is 43.4 Å². The van der Waals surface area contributed by atoms with E-state index in [-0.39, 0.29) is 35.6 Å². The fraction of sp³-hybridized carbons (Fsp3) is 0.875. The van der Waals surface area contributed by atoms with E-state index in [1.165, 1.54) is 0 Å². The van der Waals surface area contributed by atoms with E-state index in [9.17, 15) is 14.7 Å². The molecule has 3 unspecified atom stereocenters. The zero-order valence-corrected chi connectivity index (χ0v) is 11.9. The molecule has 0 spiro atoms. The number of hydrogen-bond donors (Lipinski definition) is 1. The Morgan fingerprint density at radius 2 is 2.05 bits per heavy atom. The first-order chi connectivity index (χ1) is 8.99. The molecule has 3 fully saturated rings. The van der Waals surface area contributed by atoms with Crippen molar-refractivity contribution in [3.05, 3.63) is 0 Å². The molecule has 0 bridgehead atoms. The van der Waals surface area contributed by atoms with E-state index in [0.717, 1.165) is 25.7 Å². The molecule has 0 aromatic carbocycles. The van der Waals surface area contributed by atoms with Crippen molar-refractivity contribution in [2.45, 2.75) is 46.0 Å². The van der Waals surface area contributed by atoms with Crippen LogP contribution in [-0.4, -0.2) is 23.3 Å². The highest BCUT2D eigenvalue weighted by Crippen LogP contribution is 2.58. The molecule has 3 aliphatic carbocycles. The monoisotopic (exact) mass is 264 g/mol. The lowest BCUT2D eigenvalue weighted by Gasteiger charge is -2.50. The largest absolute Gasteiger partial charge is 0.396 e. The van der Waals surface area contributed by atoms with Crippen molar-refractivity contribution in [2.75, 3.05) is 6.61 Å². The van der Waals surface area contributed by atoms with Crippen molar-refractivity contribution in [2.24, 2.45) is 35.0 Å². The molecule has 0 heterocycles. The highest BCUT2D eigenvalue weighted by Gasteiger charge is 2.58. The Labute approximate surface area is 114 Å². The summed E-state index contributed by atoms with van der Waals surface area (Å²) in [7, 11) is 0. The molecule has 0 aromatic rings. The zero-order valence-electron chi connectivity index (χ0n) is 11.9. The van der Waals surface area contributed by atoms with Gasteiger partial charge in [-0.25, -0.2) is 0 Å². The molecule has 3 saturated carbocycles. The summed E-state index contributed by atoms with van der Waals surface area (Å²) in [6.07, 6.45) is 4.32. The normalized spacial score (nSPS) is 49.9. The average molecular weight is 264 g/mol. The van der Waals surface area contributed by atoms with Gasteiger partial charge in [0.2, 0.25) is 0 Å². The molecule has 3 heteroatoms. The first-order valence-corrected chi connectivity index (χ1v) is 7.67. The SMILES string of the molecule is C[C@@H]1C[C@@H](CO)C(=O)C2C1CC[C@]1(C)C(=O)CCC21. The quantitative estimate of drug-likeness (QED) is 0.790. The molecule has 1 N–H and O–H groups in total. The number of aliphatic hydroxyl groups excluding tert-OH is 1. The van der Waals surface area contributed by atoms with Gasteiger partial charge in [-0.3, -0.25) is 9.59 Å². The summed E-state index contributed by atoms with van der Waals surface area (Å²) >= 11 is 0. The fourth-order valence-electron chi connectivity index (χ4n) is 5.17. The van der Waals surface area contributed by atoms with Crippen LogP contribution in [0.2, 0.25) is 0 Å². The van der Waals surface area contributed by atoms with Crippen molar-refractivity contribution < 1.29 is 14.7 Å². The van der Waals surface area contributed by atoms with E-state index in [2.05, 4.69) is 13.8 Å². The van der Waals surface area contributed by atoms with Crippen molar-refractivity contribution in [3.63, 3.8) is 0 Å². The first kappa shape index (κ1) is 13.3. The molecule has 3 nitrogen and oxygen atoms in total. The van der Waals surface area contributed by atoms with Crippen LogP contribution in [-0.2, 0) is 9.59 Å². The number of aliphatic hydroxyl groups is 1. The Morgan fingerprint density at radius 1 is 1.32 bits per heavy atom. The van der Waals surface area contributed by atoms with Crippen LogP contribution in [0.3, 0.4) is 0 Å². The summed E-state index contributed by atoms with van der Waals surface area (Å²) in [5.41, 5.74) is -0.256. The van der Waals surface area contributed by atoms with Crippen LogP contribution < -0.4 is 0 Å². The van der Waals surface area contributed by atoms with Crippen molar-refractivity contribution in [3.8, 4) is 0 Å². The second-order valence-corrected chi connectivity index (χ2v) is 7.21. The molecule has 19 heavy (non-hydrogen) atoms. The lowest BCUT2D eigenvalue weighted by molar-refractivity contribution is -0.147. The summed E-state index contributed by atoms with van der Waals surface area (Å²) in [5, 5.41) is 9.44. The van der Waals surface area contributed by atoms with Crippen LogP contribution in [0.1, 0.15) is 46.0 Å². The highest BCUT2D eigenvalue weighted by molar-refractivity contribution is 5.91. The van der Waals surface area contributed by atoms with Gasteiger partial charge in [0.25, 0.3) is 0 Å². The number of Topliss-reactive ketones (excluding diaryl/α,β-unsaturated/α-hetero) is 2. The summed E-state index contributed by atoms with van der Waals surface area (Å²) in [4.78, 5) is 24.8. The molecule has 0 aromatic heterocycles. The standard InChI is InChI=1S/C16H24O3/c1-9-7-10(8-17)15(19)14-11(9)5-6-16(2)12(14)3-4-13(16)18/h9-12,14,17H,3-8H2,1-2H3/t9-,10+,11?,12?,14?,16+/m1/s1. The maximum absolute atomic E-state index is 12.7. The number of carbonyl (C=O) groups excluding carboxylic acids is 2. The molecule has 3 aliphatic rings. The van der Waals surface area contributed by atoms with E-state index < -0.39 is 0 Å². The van der Waals surface area contributed by atoms with Crippen molar-refractivity contribution in [1.82, 2.24) is 0 Å². The van der Waals surface area contributed by atoms with Crippen LogP contribution in [0.5, 0.6) is 0 Å². The molecular weight excluding hydrogens is 240 g/mol. The zero-order chi connectivity index (χ0) is 13.8. The van der Waals surface area contributed by atoms with Gasteiger partial charge in [0.1, 0.15) is 11.6 Å². The van der Waals surface area contributed by atoms with Gasteiger partial charge < -0.3 is 5.11 Å². The molecule has 0 saturated heterocycles. The van der Waals surface area contributed by atoms with Crippen molar-refractivity contribution >= 4 is 11.6 Å². The Kier molecular flexibility index (Phi) is 3.08. The van der Waals surface area contributed by atoms with E-state index in [4.69, 9.17) is 0 Å². The predicted molar refractivity (Wildman–Crippen MR) is 71.4 cm³/mol. The summed E-state index contributed by atoms with van der Waals surface area (Å²) in [6.45, 7) is 4.26. The summed E-state index contributed by atoms with van der Waals surface area (Å²) in [6, 6.07) is 0. The lowest BCUT2D eigenvalue weighted by Crippen LogP contribution is -2.51. The van der Waals surface area contributed by atoms with Gasteiger partial charge in [0.05, 0.1) is 6.61 Å². The van der Waals surface area contributed by atoms with E-state index in [1.54, 1.807) is 0 Å². The van der Waals surface area contributed by atoms with Crippen LogP contribution in [0.15, 0.2) is 0 Å². The van der Waals surface area contributed by atoms with E-state index in [1.807, 2.05) is 0 Å². The van der Waals surface area contributed by atoms with Crippen molar-refractivity contribution in [1.29, 1.82) is 0 Å². The van der Waals surface area contributed by atoms with Gasteiger partial charge in [-0.15, -0.1) is 0 Å². The average Bonchev–Trinajstić information content (AvgIpc) is 2.69. The minimum Gasteiger partial charge on any atom is -0.396 e. The first-order valence-electron chi connectivity index (χ1n) is 7.67. The maximum atomic E-state index is 12.7. The molecule has 3 rings (SSSR count). The lowest BCUT2D eigenvalue weighted by atomic mass is 9.52. The Hall–Kier alpha value is -0.700. The van der Waals surface area contributed by atoms with Gasteiger partial charge in [0.15, 0.2) is 0 Å². The number of hydrogen-bond acceptors (Lipinski definition) is 3. The minimum atomic E-state index is -0.256. The summed E-state index contributed by atoms with van der Waals surface area (Å²) < 4.78 is 0. The Bertz CT molecular complexity index is 416. The fourth-order valence-corrected chi connectivity index (χ4v) is 5.17. The molecule has 6 atom stereocenters. The number of ketones is 2. The minimum absolute atomic E-state index is 0.0240. The van der Waals surface area contributed by atoms with Gasteiger partial charge in [-0.2, -0.15) is 0 Å². The number of rotatable bonds is 1. The molecule has 0 radical (unpaired) electrons. The smallest absolute Gasteiger partial charge is 0.141 e. The van der Waals surface area contributed by atoms with Crippen LogP contribution in [0, 0.1) is 35.0 Å². The van der Waals surface area contributed by atoms with Crippen LogP contribution in [0.25, 0.3) is 0 Å². The second kappa shape index (κ2) is 4.41. The number of fused-ring (bicyclic) bond motifs is 3. The van der Waals surface area contributed by atoms with E-state index in [0.29, 0.717) is 24.0 Å². The van der Waals surface area contributed by atoms with Gasteiger partial charge >= 0.3 is 0 Å².